The molecular weight excluding hydrogens is 269 g/mol. The van der Waals surface area contributed by atoms with Crippen LogP contribution in [0.15, 0.2) is 22.7 Å². The summed E-state index contributed by atoms with van der Waals surface area (Å²) in [5.41, 5.74) is 0.750. The quantitative estimate of drug-likeness (QED) is 0.871. The Morgan fingerprint density at radius 1 is 1.44 bits per heavy atom. The van der Waals surface area contributed by atoms with Crippen LogP contribution in [0.4, 0.5) is 4.39 Å². The SMILES string of the molecule is CCC(C)(C)C(NC)c1cc(Br)ccc1F. The van der Waals surface area contributed by atoms with Gasteiger partial charge in [-0.2, -0.15) is 0 Å². The topological polar surface area (TPSA) is 12.0 Å². The van der Waals surface area contributed by atoms with Gasteiger partial charge in [0.25, 0.3) is 0 Å². The van der Waals surface area contributed by atoms with E-state index in [9.17, 15) is 4.39 Å². The minimum absolute atomic E-state index is 0.0231. The van der Waals surface area contributed by atoms with Crippen LogP contribution in [0, 0.1) is 11.2 Å². The first kappa shape index (κ1) is 13.7. The maximum Gasteiger partial charge on any atom is 0.128 e. The third-order valence-corrected chi connectivity index (χ3v) is 3.74. The van der Waals surface area contributed by atoms with Gasteiger partial charge < -0.3 is 5.32 Å². The molecule has 1 aromatic carbocycles. The lowest BCUT2D eigenvalue weighted by atomic mass is 9.78. The zero-order chi connectivity index (χ0) is 12.3. The lowest BCUT2D eigenvalue weighted by molar-refractivity contribution is 0.240. The summed E-state index contributed by atoms with van der Waals surface area (Å²) < 4.78 is 14.7. The van der Waals surface area contributed by atoms with Crippen LogP contribution >= 0.6 is 15.9 Å². The number of nitrogens with one attached hydrogen (secondary N) is 1. The largest absolute Gasteiger partial charge is 0.312 e. The number of hydrogen-bond donors (Lipinski definition) is 1. The van der Waals surface area contributed by atoms with Gasteiger partial charge in [0.15, 0.2) is 0 Å². The Bertz CT molecular complexity index is 363. The fourth-order valence-corrected chi connectivity index (χ4v) is 2.29. The second-order valence-corrected chi connectivity index (χ2v) is 5.65. The van der Waals surface area contributed by atoms with E-state index in [1.807, 2.05) is 13.1 Å². The van der Waals surface area contributed by atoms with E-state index < -0.39 is 0 Å². The highest BCUT2D eigenvalue weighted by Crippen LogP contribution is 2.37. The molecule has 0 saturated carbocycles. The van der Waals surface area contributed by atoms with E-state index in [1.165, 1.54) is 6.07 Å². The van der Waals surface area contributed by atoms with Gasteiger partial charge in [-0.25, -0.2) is 4.39 Å². The van der Waals surface area contributed by atoms with Crippen molar-refractivity contribution in [2.45, 2.75) is 33.2 Å². The Morgan fingerprint density at radius 3 is 2.56 bits per heavy atom. The average molecular weight is 288 g/mol. The molecule has 0 aliphatic heterocycles. The van der Waals surface area contributed by atoms with Gasteiger partial charge in [-0.1, -0.05) is 36.7 Å². The molecule has 0 saturated heterocycles. The van der Waals surface area contributed by atoms with Crippen LogP contribution in [0.5, 0.6) is 0 Å². The summed E-state index contributed by atoms with van der Waals surface area (Å²) in [4.78, 5) is 0. The molecule has 1 rings (SSSR count). The van der Waals surface area contributed by atoms with Crippen LogP contribution in [0.3, 0.4) is 0 Å². The van der Waals surface area contributed by atoms with Gasteiger partial charge in [-0.3, -0.25) is 0 Å². The van der Waals surface area contributed by atoms with Crippen molar-refractivity contribution in [3.63, 3.8) is 0 Å². The molecule has 1 N–H and O–H groups in total. The molecule has 0 aliphatic rings. The summed E-state index contributed by atoms with van der Waals surface area (Å²) in [5, 5.41) is 3.22. The molecule has 1 nitrogen and oxygen atoms in total. The van der Waals surface area contributed by atoms with E-state index in [2.05, 4.69) is 42.0 Å². The van der Waals surface area contributed by atoms with Crippen molar-refractivity contribution < 1.29 is 4.39 Å². The highest BCUT2D eigenvalue weighted by molar-refractivity contribution is 9.10. The fourth-order valence-electron chi connectivity index (χ4n) is 1.91. The predicted octanol–water partition coefficient (Wildman–Crippen LogP) is 4.28. The maximum absolute atomic E-state index is 13.8. The van der Waals surface area contributed by atoms with Crippen LogP contribution in [0.25, 0.3) is 0 Å². The van der Waals surface area contributed by atoms with E-state index in [1.54, 1.807) is 6.07 Å². The number of benzene rings is 1. The molecule has 1 unspecified atom stereocenters. The molecular formula is C13H19BrFN. The lowest BCUT2D eigenvalue weighted by Crippen LogP contribution is -2.32. The molecule has 0 spiro atoms. The Labute approximate surface area is 106 Å². The van der Waals surface area contributed by atoms with Gasteiger partial charge in [0.05, 0.1) is 0 Å². The Kier molecular flexibility index (Phi) is 4.51. The first-order chi connectivity index (χ1) is 7.42. The molecule has 1 atom stereocenters. The van der Waals surface area contributed by atoms with Crippen LogP contribution in [-0.4, -0.2) is 7.05 Å². The lowest BCUT2D eigenvalue weighted by Gasteiger charge is -2.34. The Morgan fingerprint density at radius 2 is 2.06 bits per heavy atom. The summed E-state index contributed by atoms with van der Waals surface area (Å²) in [6, 6.07) is 5.11. The van der Waals surface area contributed by atoms with Crippen molar-refractivity contribution in [1.29, 1.82) is 0 Å². The summed E-state index contributed by atoms with van der Waals surface area (Å²) >= 11 is 3.39. The van der Waals surface area contributed by atoms with E-state index >= 15 is 0 Å². The number of hydrogen-bond acceptors (Lipinski definition) is 1. The zero-order valence-corrected chi connectivity index (χ0v) is 11.9. The van der Waals surface area contributed by atoms with Crippen LogP contribution in [-0.2, 0) is 0 Å². The maximum atomic E-state index is 13.8. The molecule has 16 heavy (non-hydrogen) atoms. The summed E-state index contributed by atoms with van der Waals surface area (Å²) in [7, 11) is 1.88. The highest BCUT2D eigenvalue weighted by atomic mass is 79.9. The predicted molar refractivity (Wildman–Crippen MR) is 70.0 cm³/mol. The Hall–Kier alpha value is -0.410. The van der Waals surface area contributed by atoms with Crippen molar-refractivity contribution in [1.82, 2.24) is 5.32 Å². The first-order valence-electron chi connectivity index (χ1n) is 5.54. The summed E-state index contributed by atoms with van der Waals surface area (Å²) in [6.07, 6.45) is 0.991. The molecule has 1 aromatic rings. The Balaban J connectivity index is 3.18. The zero-order valence-electron chi connectivity index (χ0n) is 10.3. The smallest absolute Gasteiger partial charge is 0.128 e. The summed E-state index contributed by atoms with van der Waals surface area (Å²) in [6.45, 7) is 6.42. The summed E-state index contributed by atoms with van der Waals surface area (Å²) in [5.74, 6) is -0.149. The molecule has 0 aromatic heterocycles. The van der Waals surface area contributed by atoms with Crippen LogP contribution in [0.1, 0.15) is 38.8 Å². The fraction of sp³-hybridized carbons (Fsp3) is 0.538. The van der Waals surface area contributed by atoms with Gasteiger partial charge in [0.1, 0.15) is 5.82 Å². The minimum Gasteiger partial charge on any atom is -0.312 e. The van der Waals surface area contributed by atoms with E-state index in [4.69, 9.17) is 0 Å². The van der Waals surface area contributed by atoms with E-state index in [-0.39, 0.29) is 17.3 Å². The van der Waals surface area contributed by atoms with Crippen LogP contribution < -0.4 is 5.32 Å². The van der Waals surface area contributed by atoms with Crippen LogP contribution in [0.2, 0.25) is 0 Å². The third kappa shape index (κ3) is 2.83. The van der Waals surface area contributed by atoms with Crippen molar-refractivity contribution in [3.8, 4) is 0 Å². The number of rotatable bonds is 4. The molecule has 0 heterocycles. The van der Waals surface area contributed by atoms with E-state index in [0.29, 0.717) is 0 Å². The van der Waals surface area contributed by atoms with Gasteiger partial charge in [-0.05, 0) is 37.1 Å². The van der Waals surface area contributed by atoms with Crippen molar-refractivity contribution >= 4 is 15.9 Å². The second-order valence-electron chi connectivity index (χ2n) is 4.73. The van der Waals surface area contributed by atoms with E-state index in [0.717, 1.165) is 16.5 Å². The highest BCUT2D eigenvalue weighted by Gasteiger charge is 2.29. The molecule has 0 bridgehead atoms. The molecule has 0 radical (unpaired) electrons. The van der Waals surface area contributed by atoms with Gasteiger partial charge >= 0.3 is 0 Å². The third-order valence-electron chi connectivity index (χ3n) is 3.25. The molecule has 0 amide bonds. The standard InChI is InChI=1S/C13H19BrFN/c1-5-13(2,3)12(16-4)10-8-9(14)6-7-11(10)15/h6-8,12,16H,5H2,1-4H3. The normalized spacial score (nSPS) is 13.9. The second kappa shape index (κ2) is 5.28. The van der Waals surface area contributed by atoms with Gasteiger partial charge in [-0.15, -0.1) is 0 Å². The monoisotopic (exact) mass is 287 g/mol. The van der Waals surface area contributed by atoms with Crippen molar-refractivity contribution in [2.24, 2.45) is 5.41 Å². The van der Waals surface area contributed by atoms with Gasteiger partial charge in [0.2, 0.25) is 0 Å². The molecule has 0 aliphatic carbocycles. The first-order valence-corrected chi connectivity index (χ1v) is 6.34. The average Bonchev–Trinajstić information content (AvgIpc) is 2.24. The van der Waals surface area contributed by atoms with Crippen molar-refractivity contribution in [3.05, 3.63) is 34.1 Å². The molecule has 0 fully saturated rings. The molecule has 3 heteroatoms. The van der Waals surface area contributed by atoms with Crippen molar-refractivity contribution in [2.75, 3.05) is 7.05 Å². The van der Waals surface area contributed by atoms with Gasteiger partial charge in [0, 0.05) is 16.1 Å². The minimum atomic E-state index is -0.149. The molecule has 90 valence electrons. The number of halogens is 2.